The summed E-state index contributed by atoms with van der Waals surface area (Å²) in [7, 11) is 0. The summed E-state index contributed by atoms with van der Waals surface area (Å²) in [5.41, 5.74) is 16.1. The fraction of sp³-hybridized carbons (Fsp3) is 0. The van der Waals surface area contributed by atoms with Gasteiger partial charge in [-0.15, -0.1) is 0 Å². The Morgan fingerprint density at radius 1 is 0.231 bits per heavy atom. The third-order valence-corrected chi connectivity index (χ3v) is 9.86. The van der Waals surface area contributed by atoms with Gasteiger partial charge in [0.15, 0.2) is 0 Å². The van der Waals surface area contributed by atoms with E-state index in [2.05, 4.69) is 212 Å². The molecule has 1 nitrogen and oxygen atoms in total. The van der Waals surface area contributed by atoms with E-state index < -0.39 is 0 Å². The van der Waals surface area contributed by atoms with E-state index in [1.165, 1.54) is 55.5 Å². The third kappa shape index (κ3) is 6.33. The van der Waals surface area contributed by atoms with Gasteiger partial charge in [0.1, 0.15) is 0 Å². The first kappa shape index (κ1) is 31.2. The highest BCUT2D eigenvalue weighted by Gasteiger charge is 2.12. The topological polar surface area (TPSA) is 12.9 Å². The summed E-state index contributed by atoms with van der Waals surface area (Å²) in [5, 5.41) is 2.33. The van der Waals surface area contributed by atoms with Crippen LogP contribution in [0, 0.1) is 0 Å². The number of fused-ring (bicyclic) bond motifs is 1. The normalized spacial score (nSPS) is 11.1. The predicted octanol–water partition coefficient (Wildman–Crippen LogP) is 13.9. The van der Waals surface area contributed by atoms with E-state index >= 15 is 0 Å². The molecule has 9 rings (SSSR count). The van der Waals surface area contributed by atoms with Gasteiger partial charge in [-0.25, -0.2) is 4.98 Å². The zero-order valence-electron chi connectivity index (χ0n) is 28.7. The summed E-state index contributed by atoms with van der Waals surface area (Å²) < 4.78 is 0. The van der Waals surface area contributed by atoms with Crippen LogP contribution in [0.5, 0.6) is 0 Å². The number of nitrogens with zero attached hydrogens (tertiary/aromatic N) is 1. The first-order valence-electron chi connectivity index (χ1n) is 17.8. The van der Waals surface area contributed by atoms with Gasteiger partial charge in [-0.05, 0) is 91.4 Å². The average Bonchev–Trinajstić information content (AvgIpc) is 3.24. The maximum atomic E-state index is 5.31. The van der Waals surface area contributed by atoms with Crippen LogP contribution >= 0.6 is 0 Å². The summed E-state index contributed by atoms with van der Waals surface area (Å²) >= 11 is 0. The van der Waals surface area contributed by atoms with Crippen molar-refractivity contribution in [1.82, 2.24) is 4.98 Å². The summed E-state index contributed by atoms with van der Waals surface area (Å²) in [6.07, 6.45) is 0. The van der Waals surface area contributed by atoms with Crippen LogP contribution in [-0.4, -0.2) is 4.98 Å². The van der Waals surface area contributed by atoms with Gasteiger partial charge in [-0.1, -0.05) is 182 Å². The van der Waals surface area contributed by atoms with Crippen LogP contribution in [0.4, 0.5) is 0 Å². The molecule has 0 fully saturated rings. The minimum absolute atomic E-state index is 0.962. The van der Waals surface area contributed by atoms with Gasteiger partial charge in [-0.3, -0.25) is 0 Å². The zero-order valence-corrected chi connectivity index (χ0v) is 28.7. The van der Waals surface area contributed by atoms with Crippen LogP contribution in [0.3, 0.4) is 0 Å². The Morgan fingerprint density at radius 2 is 0.577 bits per heavy atom. The van der Waals surface area contributed by atoms with Crippen LogP contribution in [0.15, 0.2) is 212 Å². The molecule has 0 aliphatic rings. The van der Waals surface area contributed by atoms with Crippen molar-refractivity contribution in [2.75, 3.05) is 0 Å². The minimum Gasteiger partial charge on any atom is -0.247 e. The van der Waals surface area contributed by atoms with E-state index in [0.29, 0.717) is 0 Å². The molecule has 8 aromatic carbocycles. The highest BCUT2D eigenvalue weighted by atomic mass is 14.7. The van der Waals surface area contributed by atoms with Gasteiger partial charge < -0.3 is 0 Å². The third-order valence-electron chi connectivity index (χ3n) is 9.86. The molecule has 0 N–H and O–H groups in total. The van der Waals surface area contributed by atoms with E-state index in [1.54, 1.807) is 0 Å². The Labute approximate surface area is 305 Å². The highest BCUT2D eigenvalue weighted by molar-refractivity contribution is 5.97. The van der Waals surface area contributed by atoms with Crippen molar-refractivity contribution in [3.8, 4) is 78.1 Å². The van der Waals surface area contributed by atoms with Gasteiger partial charge in [0.2, 0.25) is 0 Å². The van der Waals surface area contributed by atoms with Crippen molar-refractivity contribution in [2.24, 2.45) is 0 Å². The smallest absolute Gasteiger partial charge is 0.0787 e. The lowest BCUT2D eigenvalue weighted by Gasteiger charge is -2.13. The molecule has 9 aromatic rings. The van der Waals surface area contributed by atoms with E-state index in [9.17, 15) is 0 Å². The van der Waals surface area contributed by atoms with Gasteiger partial charge in [-0.2, -0.15) is 0 Å². The molecule has 0 bridgehead atoms. The molecule has 0 saturated carbocycles. The molecule has 1 heterocycles. The second-order valence-corrected chi connectivity index (χ2v) is 13.2. The molecule has 0 unspecified atom stereocenters. The second kappa shape index (κ2) is 13.8. The second-order valence-electron chi connectivity index (χ2n) is 13.2. The molecule has 0 aliphatic heterocycles. The van der Waals surface area contributed by atoms with Crippen LogP contribution in [0.25, 0.3) is 88.9 Å². The lowest BCUT2D eigenvalue weighted by atomic mass is 9.94. The van der Waals surface area contributed by atoms with Crippen molar-refractivity contribution in [3.63, 3.8) is 0 Å². The molecule has 244 valence electrons. The number of hydrogen-bond donors (Lipinski definition) is 0. The number of aromatic nitrogens is 1. The molecular formula is C51H35N. The summed E-state index contributed by atoms with van der Waals surface area (Å²) in [5.74, 6) is 0. The van der Waals surface area contributed by atoms with E-state index in [0.717, 1.165) is 33.5 Å². The van der Waals surface area contributed by atoms with Crippen LogP contribution in [-0.2, 0) is 0 Å². The highest BCUT2D eigenvalue weighted by Crippen LogP contribution is 2.35. The first-order valence-corrected chi connectivity index (χ1v) is 17.8. The quantitative estimate of drug-likeness (QED) is 0.166. The zero-order chi connectivity index (χ0) is 34.7. The number of benzene rings is 8. The van der Waals surface area contributed by atoms with Gasteiger partial charge in [0.05, 0.1) is 11.4 Å². The van der Waals surface area contributed by atoms with Crippen LogP contribution in [0.1, 0.15) is 0 Å². The van der Waals surface area contributed by atoms with Crippen molar-refractivity contribution in [3.05, 3.63) is 212 Å². The Hall–Kier alpha value is -6.83. The van der Waals surface area contributed by atoms with Gasteiger partial charge in [0, 0.05) is 16.5 Å². The summed E-state index contributed by atoms with van der Waals surface area (Å²) in [6, 6.07) is 75.9. The molecule has 1 aromatic heterocycles. The Kier molecular flexibility index (Phi) is 8.29. The molecule has 52 heavy (non-hydrogen) atoms. The van der Waals surface area contributed by atoms with E-state index in [-0.39, 0.29) is 0 Å². The predicted molar refractivity (Wildman–Crippen MR) is 220 cm³/mol. The molecular weight excluding hydrogens is 627 g/mol. The monoisotopic (exact) mass is 661 g/mol. The summed E-state index contributed by atoms with van der Waals surface area (Å²) in [4.78, 5) is 5.31. The molecule has 0 saturated heterocycles. The van der Waals surface area contributed by atoms with Crippen molar-refractivity contribution >= 4 is 10.8 Å². The lowest BCUT2D eigenvalue weighted by Crippen LogP contribution is -1.92. The maximum absolute atomic E-state index is 5.31. The maximum Gasteiger partial charge on any atom is 0.0787 e. The molecule has 0 spiro atoms. The molecule has 0 atom stereocenters. The molecule has 0 radical (unpaired) electrons. The largest absolute Gasteiger partial charge is 0.247 e. The number of rotatable bonds is 7. The lowest BCUT2D eigenvalue weighted by molar-refractivity contribution is 1.35. The van der Waals surface area contributed by atoms with E-state index in [1.807, 2.05) is 0 Å². The SMILES string of the molecule is c1ccc(-c2ccc(-c3nc(-c4cccc(-c5cccc(-c6cccc(-c7cccc(-c8ccccc8)c7)c6)c5)c4)cc4ccccc34)cc2)cc1. The minimum atomic E-state index is 0.962. The first-order chi connectivity index (χ1) is 25.7. The molecule has 1 heteroatoms. The Balaban J connectivity index is 1.04. The van der Waals surface area contributed by atoms with E-state index in [4.69, 9.17) is 4.98 Å². The van der Waals surface area contributed by atoms with Crippen LogP contribution < -0.4 is 0 Å². The fourth-order valence-electron chi connectivity index (χ4n) is 7.14. The van der Waals surface area contributed by atoms with Crippen molar-refractivity contribution in [2.45, 2.75) is 0 Å². The number of hydrogen-bond acceptors (Lipinski definition) is 1. The Morgan fingerprint density at radius 3 is 1.10 bits per heavy atom. The fourth-order valence-corrected chi connectivity index (χ4v) is 7.14. The number of pyridine rings is 1. The Bertz CT molecular complexity index is 2660. The average molecular weight is 662 g/mol. The van der Waals surface area contributed by atoms with Crippen molar-refractivity contribution in [1.29, 1.82) is 0 Å². The molecule has 0 amide bonds. The van der Waals surface area contributed by atoms with Crippen molar-refractivity contribution < 1.29 is 0 Å². The van der Waals surface area contributed by atoms with Crippen LogP contribution in [0.2, 0.25) is 0 Å². The standard InChI is InChI=1S/C51H35N/c1-3-13-36(14-4-1)38-27-29-39(30-28-38)51-49-26-8-7-17-47(49)35-50(52-51)48-25-12-24-46(34-48)45-23-11-22-44(33-45)43-21-10-20-42(32-43)41-19-9-18-40(31-41)37-15-5-2-6-16-37/h1-35H. The van der Waals surface area contributed by atoms with Gasteiger partial charge >= 0.3 is 0 Å². The molecule has 0 aliphatic carbocycles. The summed E-state index contributed by atoms with van der Waals surface area (Å²) in [6.45, 7) is 0. The van der Waals surface area contributed by atoms with Gasteiger partial charge in [0.25, 0.3) is 0 Å².